The molecule has 2 heterocycles. The number of fused-ring (bicyclic) bond motifs is 1. The molecule has 1 amide bonds. The highest BCUT2D eigenvalue weighted by atomic mass is 16.5. The Morgan fingerprint density at radius 3 is 2.72 bits per heavy atom. The van der Waals surface area contributed by atoms with Gasteiger partial charge in [-0.05, 0) is 36.2 Å². The van der Waals surface area contributed by atoms with Gasteiger partial charge in [-0.25, -0.2) is 0 Å². The highest BCUT2D eigenvalue weighted by Crippen LogP contribution is 2.35. The van der Waals surface area contributed by atoms with Crippen molar-refractivity contribution < 1.29 is 14.3 Å². The number of hydrogen-bond donors (Lipinski definition) is 1. The molecule has 0 aromatic heterocycles. The van der Waals surface area contributed by atoms with Crippen molar-refractivity contribution in [3.05, 3.63) is 59.2 Å². The molecule has 0 unspecified atom stereocenters. The summed E-state index contributed by atoms with van der Waals surface area (Å²) in [6.45, 7) is 6.99. The molecule has 6 nitrogen and oxygen atoms in total. The molecule has 1 fully saturated rings. The molecule has 0 saturated carbocycles. The fourth-order valence-electron chi connectivity index (χ4n) is 4.12. The minimum absolute atomic E-state index is 0.0803. The number of rotatable bonds is 6. The van der Waals surface area contributed by atoms with E-state index in [1.54, 1.807) is 7.11 Å². The Balaban J connectivity index is 1.66. The van der Waals surface area contributed by atoms with Crippen molar-refractivity contribution in [3.63, 3.8) is 0 Å². The van der Waals surface area contributed by atoms with Gasteiger partial charge in [0, 0.05) is 37.4 Å². The van der Waals surface area contributed by atoms with E-state index in [1.165, 1.54) is 0 Å². The zero-order valence-electron chi connectivity index (χ0n) is 17.2. The number of carbonyl (C=O) groups is 1. The van der Waals surface area contributed by atoms with Crippen molar-refractivity contribution in [2.45, 2.75) is 26.1 Å². The van der Waals surface area contributed by atoms with Crippen LogP contribution in [0, 0.1) is 0 Å². The summed E-state index contributed by atoms with van der Waals surface area (Å²) < 4.78 is 11.1. The molecule has 0 bridgehead atoms. The van der Waals surface area contributed by atoms with Gasteiger partial charge in [0.2, 0.25) is 0 Å². The number of anilines is 1. The monoisotopic (exact) mass is 395 g/mol. The van der Waals surface area contributed by atoms with Crippen LogP contribution in [0.15, 0.2) is 42.5 Å². The Morgan fingerprint density at radius 2 is 1.97 bits per heavy atom. The Hall–Kier alpha value is -2.57. The molecule has 2 aromatic carbocycles. The first-order valence-corrected chi connectivity index (χ1v) is 10.3. The molecule has 2 aromatic rings. The first-order chi connectivity index (χ1) is 14.2. The highest BCUT2D eigenvalue weighted by molar-refractivity contribution is 6.01. The number of benzene rings is 2. The van der Waals surface area contributed by atoms with Crippen LogP contribution < -0.4 is 10.1 Å². The van der Waals surface area contributed by atoms with Crippen molar-refractivity contribution in [2.75, 3.05) is 45.3 Å². The standard InChI is InChI=1S/C23H29N3O3/c1-3-10-26-22(24-20-7-5-4-6-19(20)23(26)27)17-8-9-21(28-2)18(15-17)16-25-11-13-29-14-12-25/h4-9,15,22,24H,3,10-14,16H2,1-2H3/t22-/m0/s1. The van der Waals surface area contributed by atoms with E-state index in [9.17, 15) is 4.79 Å². The van der Waals surface area contributed by atoms with Crippen molar-refractivity contribution in [3.8, 4) is 5.75 Å². The summed E-state index contributed by atoms with van der Waals surface area (Å²) in [7, 11) is 1.71. The maximum Gasteiger partial charge on any atom is 0.257 e. The summed E-state index contributed by atoms with van der Waals surface area (Å²) in [5.41, 5.74) is 3.83. The predicted octanol–water partition coefficient (Wildman–Crippen LogP) is 3.50. The van der Waals surface area contributed by atoms with Crippen LogP contribution in [0.1, 0.15) is 41.0 Å². The number of methoxy groups -OCH3 is 1. The lowest BCUT2D eigenvalue weighted by Crippen LogP contribution is -2.43. The van der Waals surface area contributed by atoms with Gasteiger partial charge in [0.25, 0.3) is 5.91 Å². The van der Waals surface area contributed by atoms with E-state index in [0.29, 0.717) is 6.54 Å². The summed E-state index contributed by atoms with van der Waals surface area (Å²) in [6, 6.07) is 14.0. The number of nitrogens with zero attached hydrogens (tertiary/aromatic N) is 2. The van der Waals surface area contributed by atoms with Gasteiger partial charge < -0.3 is 19.7 Å². The molecule has 1 atom stereocenters. The average molecular weight is 396 g/mol. The number of para-hydroxylation sites is 1. The summed E-state index contributed by atoms with van der Waals surface area (Å²) in [5, 5.41) is 3.58. The molecular weight excluding hydrogens is 366 g/mol. The molecule has 0 aliphatic carbocycles. The average Bonchev–Trinajstić information content (AvgIpc) is 2.76. The fraction of sp³-hybridized carbons (Fsp3) is 0.435. The molecule has 1 saturated heterocycles. The van der Waals surface area contributed by atoms with Gasteiger partial charge in [-0.15, -0.1) is 0 Å². The third-order valence-electron chi connectivity index (χ3n) is 5.60. The topological polar surface area (TPSA) is 54.0 Å². The lowest BCUT2D eigenvalue weighted by molar-refractivity contribution is 0.0338. The summed E-state index contributed by atoms with van der Waals surface area (Å²) in [4.78, 5) is 17.5. The maximum absolute atomic E-state index is 13.2. The van der Waals surface area contributed by atoms with E-state index in [2.05, 4.69) is 29.3 Å². The van der Waals surface area contributed by atoms with E-state index in [4.69, 9.17) is 9.47 Å². The van der Waals surface area contributed by atoms with Gasteiger partial charge in [0.15, 0.2) is 0 Å². The summed E-state index contributed by atoms with van der Waals surface area (Å²) in [6.07, 6.45) is 0.717. The van der Waals surface area contributed by atoms with E-state index < -0.39 is 0 Å². The Morgan fingerprint density at radius 1 is 1.17 bits per heavy atom. The third-order valence-corrected chi connectivity index (χ3v) is 5.60. The number of morpholine rings is 1. The number of ether oxygens (including phenoxy) is 2. The van der Waals surface area contributed by atoms with Crippen molar-refractivity contribution in [1.82, 2.24) is 9.80 Å². The number of amides is 1. The first kappa shape index (κ1) is 19.7. The molecule has 2 aliphatic rings. The van der Waals surface area contributed by atoms with Gasteiger partial charge in [0.05, 0.1) is 25.9 Å². The van der Waals surface area contributed by atoms with Crippen LogP contribution in [0.4, 0.5) is 5.69 Å². The Labute approximate surface area is 172 Å². The minimum atomic E-state index is -0.188. The zero-order valence-corrected chi connectivity index (χ0v) is 17.2. The van der Waals surface area contributed by atoms with Crippen molar-refractivity contribution in [2.24, 2.45) is 0 Å². The lowest BCUT2D eigenvalue weighted by atomic mass is 10.0. The van der Waals surface area contributed by atoms with Gasteiger partial charge in [-0.3, -0.25) is 9.69 Å². The van der Waals surface area contributed by atoms with Crippen LogP contribution >= 0.6 is 0 Å². The minimum Gasteiger partial charge on any atom is -0.496 e. The van der Waals surface area contributed by atoms with Gasteiger partial charge in [0.1, 0.15) is 11.9 Å². The smallest absolute Gasteiger partial charge is 0.257 e. The Bertz CT molecular complexity index is 864. The zero-order chi connectivity index (χ0) is 20.2. The van der Waals surface area contributed by atoms with E-state index in [1.807, 2.05) is 35.2 Å². The van der Waals surface area contributed by atoms with Crippen LogP contribution in [0.3, 0.4) is 0 Å². The summed E-state index contributed by atoms with van der Waals surface area (Å²) >= 11 is 0. The Kier molecular flexibility index (Phi) is 6.02. The van der Waals surface area contributed by atoms with E-state index in [-0.39, 0.29) is 12.1 Å². The van der Waals surface area contributed by atoms with Crippen molar-refractivity contribution in [1.29, 1.82) is 0 Å². The van der Waals surface area contributed by atoms with Gasteiger partial charge >= 0.3 is 0 Å². The lowest BCUT2D eigenvalue weighted by Gasteiger charge is -2.38. The van der Waals surface area contributed by atoms with Crippen LogP contribution in [0.5, 0.6) is 5.75 Å². The largest absolute Gasteiger partial charge is 0.496 e. The second-order valence-corrected chi connectivity index (χ2v) is 7.55. The van der Waals surface area contributed by atoms with Gasteiger partial charge in [-0.1, -0.05) is 25.1 Å². The third kappa shape index (κ3) is 4.09. The van der Waals surface area contributed by atoms with Crippen LogP contribution in [0.2, 0.25) is 0 Å². The van der Waals surface area contributed by atoms with Gasteiger partial charge in [-0.2, -0.15) is 0 Å². The quantitative estimate of drug-likeness (QED) is 0.811. The number of nitrogens with one attached hydrogen (secondary N) is 1. The van der Waals surface area contributed by atoms with Crippen molar-refractivity contribution >= 4 is 11.6 Å². The highest BCUT2D eigenvalue weighted by Gasteiger charge is 2.32. The summed E-state index contributed by atoms with van der Waals surface area (Å²) in [5.74, 6) is 0.960. The number of hydrogen-bond acceptors (Lipinski definition) is 5. The molecule has 6 heteroatoms. The number of carbonyl (C=O) groups excluding carboxylic acids is 1. The molecular formula is C23H29N3O3. The molecule has 29 heavy (non-hydrogen) atoms. The molecule has 1 N–H and O–H groups in total. The predicted molar refractivity (Wildman–Crippen MR) is 113 cm³/mol. The van der Waals surface area contributed by atoms with Crippen LogP contribution in [-0.4, -0.2) is 55.7 Å². The van der Waals surface area contributed by atoms with Crippen LogP contribution in [0.25, 0.3) is 0 Å². The molecule has 4 rings (SSSR count). The first-order valence-electron chi connectivity index (χ1n) is 10.3. The molecule has 0 spiro atoms. The normalized spacial score (nSPS) is 19.6. The molecule has 154 valence electrons. The van der Waals surface area contributed by atoms with E-state index >= 15 is 0 Å². The molecule has 2 aliphatic heterocycles. The SMILES string of the molecule is CCCN1C(=O)c2ccccc2N[C@@H]1c1ccc(OC)c(CN2CCOCC2)c1. The second-order valence-electron chi connectivity index (χ2n) is 7.55. The van der Waals surface area contributed by atoms with Crippen LogP contribution in [-0.2, 0) is 11.3 Å². The van der Waals surface area contributed by atoms with E-state index in [0.717, 1.165) is 67.4 Å². The molecule has 0 radical (unpaired) electrons. The maximum atomic E-state index is 13.2. The fourth-order valence-corrected chi connectivity index (χ4v) is 4.12. The second kappa shape index (κ2) is 8.84.